The predicted molar refractivity (Wildman–Crippen MR) is 60.8 cm³/mol. The molecule has 1 aromatic heterocycles. The molecule has 84 valence electrons. The topological polar surface area (TPSA) is 73.1 Å². The second-order valence-corrected chi connectivity index (χ2v) is 3.21. The van der Waals surface area contributed by atoms with Gasteiger partial charge in [-0.1, -0.05) is 0 Å². The number of nitrogens with zero attached hydrogens (tertiary/aromatic N) is 2. The van der Waals surface area contributed by atoms with E-state index in [4.69, 9.17) is 10.5 Å². The summed E-state index contributed by atoms with van der Waals surface area (Å²) in [5.74, 6) is 1.33. The first-order valence-electron chi connectivity index (χ1n) is 5.14. The highest BCUT2D eigenvalue weighted by atomic mass is 16.5. The van der Waals surface area contributed by atoms with E-state index in [0.29, 0.717) is 5.82 Å². The Morgan fingerprint density at radius 2 is 2.27 bits per heavy atom. The summed E-state index contributed by atoms with van der Waals surface area (Å²) in [5, 5.41) is 3.20. The van der Waals surface area contributed by atoms with Crippen molar-refractivity contribution in [2.75, 3.05) is 30.8 Å². The Kier molecular flexibility index (Phi) is 4.83. The lowest BCUT2D eigenvalue weighted by Gasteiger charge is -2.08. The van der Waals surface area contributed by atoms with Crippen LogP contribution in [0.3, 0.4) is 0 Å². The lowest BCUT2D eigenvalue weighted by Crippen LogP contribution is -2.09. The maximum Gasteiger partial charge on any atom is 0.134 e. The number of ether oxygens (including phenoxy) is 1. The molecule has 0 amide bonds. The molecule has 0 spiro atoms. The van der Waals surface area contributed by atoms with Gasteiger partial charge in [0.15, 0.2) is 0 Å². The monoisotopic (exact) mass is 210 g/mol. The maximum atomic E-state index is 5.66. The lowest BCUT2D eigenvalue weighted by molar-refractivity contribution is 0.147. The van der Waals surface area contributed by atoms with E-state index >= 15 is 0 Å². The predicted octanol–water partition coefficient (Wildman–Crippen LogP) is 1.21. The third-order valence-electron chi connectivity index (χ3n) is 2.09. The van der Waals surface area contributed by atoms with Crippen LogP contribution < -0.4 is 11.1 Å². The molecule has 1 aromatic rings. The number of nitrogens with two attached hydrogens (primary N) is 1. The Bertz CT molecular complexity index is 303. The van der Waals surface area contributed by atoms with Gasteiger partial charge in [0.2, 0.25) is 0 Å². The number of hydrogen-bond donors (Lipinski definition) is 2. The SMILES string of the molecule is CCOCCCNc1ncnc(N)c1C. The zero-order valence-corrected chi connectivity index (χ0v) is 9.29. The molecule has 0 aliphatic rings. The second-order valence-electron chi connectivity index (χ2n) is 3.21. The molecule has 0 bridgehead atoms. The average molecular weight is 210 g/mol. The number of hydrogen-bond acceptors (Lipinski definition) is 5. The van der Waals surface area contributed by atoms with Gasteiger partial charge in [-0.05, 0) is 20.3 Å². The van der Waals surface area contributed by atoms with E-state index in [0.717, 1.165) is 37.6 Å². The van der Waals surface area contributed by atoms with Crippen molar-refractivity contribution >= 4 is 11.6 Å². The molecule has 0 aliphatic carbocycles. The first-order chi connectivity index (χ1) is 7.25. The molecule has 0 radical (unpaired) electrons. The van der Waals surface area contributed by atoms with Crippen LogP contribution in [0.1, 0.15) is 18.9 Å². The Balaban J connectivity index is 2.34. The Morgan fingerprint density at radius 1 is 1.47 bits per heavy atom. The summed E-state index contributed by atoms with van der Waals surface area (Å²) in [6, 6.07) is 0. The van der Waals surface area contributed by atoms with E-state index in [-0.39, 0.29) is 0 Å². The molecule has 3 N–H and O–H groups in total. The average Bonchev–Trinajstić information content (AvgIpc) is 2.24. The number of anilines is 2. The van der Waals surface area contributed by atoms with Crippen LogP contribution >= 0.6 is 0 Å². The quantitative estimate of drug-likeness (QED) is 0.690. The third-order valence-corrected chi connectivity index (χ3v) is 2.09. The van der Waals surface area contributed by atoms with Gasteiger partial charge in [0.1, 0.15) is 18.0 Å². The van der Waals surface area contributed by atoms with E-state index in [9.17, 15) is 0 Å². The largest absolute Gasteiger partial charge is 0.383 e. The third kappa shape index (κ3) is 3.71. The standard InChI is InChI=1S/C10H18N4O/c1-3-15-6-4-5-12-10-8(2)9(11)13-7-14-10/h7H,3-6H2,1-2H3,(H3,11,12,13,14). The molecule has 0 aromatic carbocycles. The van der Waals surface area contributed by atoms with Crippen molar-refractivity contribution in [2.24, 2.45) is 0 Å². The molecule has 0 aliphatic heterocycles. The number of aromatic nitrogens is 2. The first kappa shape index (κ1) is 11.7. The van der Waals surface area contributed by atoms with Gasteiger partial charge in [-0.25, -0.2) is 9.97 Å². The summed E-state index contributed by atoms with van der Waals surface area (Å²) in [7, 11) is 0. The van der Waals surface area contributed by atoms with Crippen LogP contribution in [0, 0.1) is 6.92 Å². The molecule has 0 atom stereocenters. The van der Waals surface area contributed by atoms with Crippen LogP contribution in [0.4, 0.5) is 11.6 Å². The van der Waals surface area contributed by atoms with Crippen LogP contribution in [0.25, 0.3) is 0 Å². The molecule has 15 heavy (non-hydrogen) atoms. The van der Waals surface area contributed by atoms with E-state index in [1.54, 1.807) is 0 Å². The highest BCUT2D eigenvalue weighted by Gasteiger charge is 2.02. The molecular weight excluding hydrogens is 192 g/mol. The molecule has 1 rings (SSSR count). The van der Waals surface area contributed by atoms with Crippen molar-refractivity contribution in [3.05, 3.63) is 11.9 Å². The van der Waals surface area contributed by atoms with Crippen molar-refractivity contribution in [3.8, 4) is 0 Å². The maximum absolute atomic E-state index is 5.66. The molecule has 0 fully saturated rings. The van der Waals surface area contributed by atoms with E-state index < -0.39 is 0 Å². The number of nitrogens with one attached hydrogen (secondary N) is 1. The summed E-state index contributed by atoms with van der Waals surface area (Å²) in [6.45, 7) is 6.25. The minimum Gasteiger partial charge on any atom is -0.383 e. The Labute approximate surface area is 90.1 Å². The van der Waals surface area contributed by atoms with Crippen molar-refractivity contribution in [1.82, 2.24) is 9.97 Å². The van der Waals surface area contributed by atoms with Crippen LogP contribution in [0.2, 0.25) is 0 Å². The van der Waals surface area contributed by atoms with Crippen molar-refractivity contribution in [3.63, 3.8) is 0 Å². The summed E-state index contributed by atoms with van der Waals surface area (Å²) in [4.78, 5) is 8.01. The second kappa shape index (κ2) is 6.19. The number of rotatable bonds is 6. The van der Waals surface area contributed by atoms with Crippen LogP contribution in [0.5, 0.6) is 0 Å². The van der Waals surface area contributed by atoms with Crippen molar-refractivity contribution in [1.29, 1.82) is 0 Å². The molecule has 0 saturated heterocycles. The Hall–Kier alpha value is -1.36. The van der Waals surface area contributed by atoms with Crippen LogP contribution in [-0.2, 0) is 4.74 Å². The van der Waals surface area contributed by atoms with Gasteiger partial charge in [0.25, 0.3) is 0 Å². The van der Waals surface area contributed by atoms with Gasteiger partial charge in [0.05, 0.1) is 0 Å². The highest BCUT2D eigenvalue weighted by molar-refractivity contribution is 5.53. The summed E-state index contributed by atoms with van der Waals surface area (Å²) >= 11 is 0. The van der Waals surface area contributed by atoms with Crippen LogP contribution in [-0.4, -0.2) is 29.7 Å². The lowest BCUT2D eigenvalue weighted by atomic mass is 10.3. The molecule has 0 saturated carbocycles. The fraction of sp³-hybridized carbons (Fsp3) is 0.600. The van der Waals surface area contributed by atoms with Gasteiger partial charge >= 0.3 is 0 Å². The van der Waals surface area contributed by atoms with E-state index in [1.165, 1.54) is 6.33 Å². The minimum atomic E-state index is 0.525. The summed E-state index contributed by atoms with van der Waals surface area (Å²) in [6.07, 6.45) is 2.42. The van der Waals surface area contributed by atoms with Gasteiger partial charge in [-0.2, -0.15) is 0 Å². The van der Waals surface area contributed by atoms with Gasteiger partial charge in [-0.3, -0.25) is 0 Å². The minimum absolute atomic E-state index is 0.525. The summed E-state index contributed by atoms with van der Waals surface area (Å²) < 4.78 is 5.23. The van der Waals surface area contributed by atoms with Gasteiger partial charge in [0, 0.05) is 25.3 Å². The zero-order valence-electron chi connectivity index (χ0n) is 9.29. The summed E-state index contributed by atoms with van der Waals surface area (Å²) in [5.41, 5.74) is 6.55. The highest BCUT2D eigenvalue weighted by Crippen LogP contribution is 2.14. The number of nitrogen functional groups attached to an aromatic ring is 1. The van der Waals surface area contributed by atoms with E-state index in [1.807, 2.05) is 13.8 Å². The molecule has 1 heterocycles. The van der Waals surface area contributed by atoms with Gasteiger partial charge < -0.3 is 15.8 Å². The first-order valence-corrected chi connectivity index (χ1v) is 5.14. The zero-order chi connectivity index (χ0) is 11.1. The molecule has 0 unspecified atom stereocenters. The fourth-order valence-corrected chi connectivity index (χ4v) is 1.17. The molecular formula is C10H18N4O. The Morgan fingerprint density at radius 3 is 3.00 bits per heavy atom. The normalized spacial score (nSPS) is 10.3. The van der Waals surface area contributed by atoms with Crippen molar-refractivity contribution in [2.45, 2.75) is 20.3 Å². The fourth-order valence-electron chi connectivity index (χ4n) is 1.17. The molecule has 5 heteroatoms. The molecule has 5 nitrogen and oxygen atoms in total. The van der Waals surface area contributed by atoms with Crippen molar-refractivity contribution < 1.29 is 4.74 Å². The van der Waals surface area contributed by atoms with E-state index in [2.05, 4.69) is 15.3 Å². The van der Waals surface area contributed by atoms with Gasteiger partial charge in [-0.15, -0.1) is 0 Å². The van der Waals surface area contributed by atoms with Crippen LogP contribution in [0.15, 0.2) is 6.33 Å². The smallest absolute Gasteiger partial charge is 0.134 e.